The van der Waals surface area contributed by atoms with Crippen molar-refractivity contribution in [2.45, 2.75) is 19.3 Å². The van der Waals surface area contributed by atoms with Crippen LogP contribution >= 0.6 is 0 Å². The lowest BCUT2D eigenvalue weighted by Gasteiger charge is -2.19. The molecule has 1 heterocycles. The van der Waals surface area contributed by atoms with Gasteiger partial charge in [-0.05, 0) is 73.6 Å². The maximum absolute atomic E-state index is 13.0. The Morgan fingerprint density at radius 3 is 2.28 bits per heavy atom. The number of hydrogen-bond donors (Lipinski definition) is 1. The lowest BCUT2D eigenvalue weighted by Crippen LogP contribution is -2.33. The summed E-state index contributed by atoms with van der Waals surface area (Å²) in [5, 5.41) is 2.83. The monoisotopic (exact) mass is 390 g/mol. The van der Waals surface area contributed by atoms with E-state index in [0.717, 1.165) is 19.3 Å². The number of imide groups is 1. The maximum Gasteiger partial charge on any atom is 0.255 e. The Bertz CT molecular complexity index is 972. The van der Waals surface area contributed by atoms with Gasteiger partial charge in [-0.1, -0.05) is 6.07 Å². The minimum Gasteiger partial charge on any atom is -0.497 e. The number of amides is 3. The summed E-state index contributed by atoms with van der Waals surface area (Å²) in [6.45, 7) is 0. The van der Waals surface area contributed by atoms with Crippen LogP contribution < -0.4 is 15.0 Å². The summed E-state index contributed by atoms with van der Waals surface area (Å²) in [4.78, 5) is 40.0. The number of carbonyl (C=O) groups is 3. The third-order valence-corrected chi connectivity index (χ3v) is 6.64. The van der Waals surface area contributed by atoms with Crippen molar-refractivity contribution in [2.75, 3.05) is 17.3 Å². The number of nitrogens with one attached hydrogen (secondary N) is 1. The molecule has 3 amide bonds. The van der Waals surface area contributed by atoms with Gasteiger partial charge in [-0.2, -0.15) is 0 Å². The summed E-state index contributed by atoms with van der Waals surface area (Å²) in [5.74, 6) is 0.559. The van der Waals surface area contributed by atoms with Gasteiger partial charge in [-0.15, -0.1) is 0 Å². The van der Waals surface area contributed by atoms with Crippen molar-refractivity contribution < 1.29 is 19.1 Å². The molecule has 0 spiro atoms. The van der Waals surface area contributed by atoms with E-state index in [2.05, 4.69) is 5.32 Å². The molecule has 29 heavy (non-hydrogen) atoms. The number of methoxy groups -OCH3 is 1. The van der Waals surface area contributed by atoms with E-state index in [0.29, 0.717) is 34.5 Å². The van der Waals surface area contributed by atoms with E-state index in [4.69, 9.17) is 4.74 Å². The predicted molar refractivity (Wildman–Crippen MR) is 108 cm³/mol. The molecule has 2 saturated carbocycles. The van der Waals surface area contributed by atoms with Crippen LogP contribution in [0.25, 0.3) is 0 Å². The second kappa shape index (κ2) is 6.72. The molecule has 3 fully saturated rings. The quantitative estimate of drug-likeness (QED) is 0.811. The van der Waals surface area contributed by atoms with Gasteiger partial charge in [-0.3, -0.25) is 19.3 Å². The third-order valence-electron chi connectivity index (χ3n) is 6.64. The first kappa shape index (κ1) is 17.9. The Labute approximate surface area is 168 Å². The van der Waals surface area contributed by atoms with Crippen molar-refractivity contribution in [2.24, 2.45) is 23.7 Å². The summed E-state index contributed by atoms with van der Waals surface area (Å²) in [5.41, 5.74) is 1.52. The number of carbonyl (C=O) groups excluding carboxylic acids is 3. The molecule has 1 N–H and O–H groups in total. The van der Waals surface area contributed by atoms with Gasteiger partial charge >= 0.3 is 0 Å². The minimum absolute atomic E-state index is 0.0973. The molecule has 2 bridgehead atoms. The molecule has 6 heteroatoms. The van der Waals surface area contributed by atoms with Crippen LogP contribution in [0.4, 0.5) is 11.4 Å². The molecule has 4 atom stereocenters. The van der Waals surface area contributed by atoms with Crippen molar-refractivity contribution >= 4 is 29.1 Å². The molecule has 5 rings (SSSR count). The van der Waals surface area contributed by atoms with Crippen LogP contribution in [0.2, 0.25) is 0 Å². The Hall–Kier alpha value is -3.15. The molecular formula is C23H22N2O4. The standard InChI is InChI=1S/C23H22N2O4/c1-29-18-9-7-16(8-10-18)24-21(26)15-3-2-4-17(12-15)25-22(27)19-13-5-6-14(11-13)20(19)23(25)28/h2-4,7-10,12-14,19-20H,5-6,11H2,1H3,(H,24,26)/t13-,14+,19+,20-. The van der Waals surface area contributed by atoms with Gasteiger partial charge in [0.25, 0.3) is 5.91 Å². The SMILES string of the molecule is COc1ccc(NC(=O)c2cccc(N3C(=O)[C@@H]4[C@H]5CC[C@H](C5)[C@@H]4C3=O)c2)cc1. The van der Waals surface area contributed by atoms with E-state index in [-0.39, 0.29) is 29.6 Å². The predicted octanol–water partition coefficient (Wildman–Crippen LogP) is 3.48. The van der Waals surface area contributed by atoms with E-state index >= 15 is 0 Å². The highest BCUT2D eigenvalue weighted by Gasteiger charge is 2.61. The highest BCUT2D eigenvalue weighted by Crippen LogP contribution is 2.56. The van der Waals surface area contributed by atoms with Crippen LogP contribution in [0.3, 0.4) is 0 Å². The molecule has 0 aromatic heterocycles. The van der Waals surface area contributed by atoms with Gasteiger partial charge in [0.05, 0.1) is 24.6 Å². The van der Waals surface area contributed by atoms with Gasteiger partial charge < -0.3 is 10.1 Å². The zero-order valence-electron chi connectivity index (χ0n) is 16.1. The molecule has 6 nitrogen and oxygen atoms in total. The molecule has 2 aromatic rings. The number of rotatable bonds is 4. The zero-order valence-corrected chi connectivity index (χ0v) is 16.1. The molecule has 2 aliphatic carbocycles. The van der Waals surface area contributed by atoms with E-state index in [1.54, 1.807) is 55.6 Å². The highest BCUT2D eigenvalue weighted by molar-refractivity contribution is 6.23. The number of ether oxygens (including phenoxy) is 1. The number of nitrogens with zero attached hydrogens (tertiary/aromatic N) is 1. The number of benzene rings is 2. The van der Waals surface area contributed by atoms with Crippen molar-refractivity contribution in [3.63, 3.8) is 0 Å². The normalized spacial score (nSPS) is 27.3. The van der Waals surface area contributed by atoms with E-state index in [1.807, 2.05) is 0 Å². The first-order valence-electron chi connectivity index (χ1n) is 10.00. The van der Waals surface area contributed by atoms with Crippen molar-refractivity contribution in [1.29, 1.82) is 0 Å². The molecule has 3 aliphatic rings. The fraction of sp³-hybridized carbons (Fsp3) is 0.348. The molecular weight excluding hydrogens is 368 g/mol. The molecule has 0 unspecified atom stereocenters. The van der Waals surface area contributed by atoms with Gasteiger partial charge in [0.1, 0.15) is 5.75 Å². The smallest absolute Gasteiger partial charge is 0.255 e. The minimum atomic E-state index is -0.295. The van der Waals surface area contributed by atoms with E-state index in [1.165, 1.54) is 4.90 Å². The van der Waals surface area contributed by atoms with Gasteiger partial charge in [0.2, 0.25) is 11.8 Å². The largest absolute Gasteiger partial charge is 0.497 e. The van der Waals surface area contributed by atoms with Crippen LogP contribution in [0.1, 0.15) is 29.6 Å². The van der Waals surface area contributed by atoms with Gasteiger partial charge in [-0.25, -0.2) is 0 Å². The fourth-order valence-electron chi connectivity index (χ4n) is 5.33. The molecule has 0 radical (unpaired) electrons. The summed E-state index contributed by atoms with van der Waals surface area (Å²) in [6.07, 6.45) is 3.09. The fourth-order valence-corrected chi connectivity index (χ4v) is 5.33. The van der Waals surface area contributed by atoms with Gasteiger partial charge in [0, 0.05) is 11.3 Å². The Kier molecular flexibility index (Phi) is 4.15. The first-order chi connectivity index (χ1) is 14.1. The van der Waals surface area contributed by atoms with Crippen LogP contribution in [-0.4, -0.2) is 24.8 Å². The average molecular weight is 390 g/mol. The van der Waals surface area contributed by atoms with Gasteiger partial charge in [0.15, 0.2) is 0 Å². The average Bonchev–Trinajstić information content (AvgIpc) is 3.42. The van der Waals surface area contributed by atoms with E-state index < -0.39 is 0 Å². The second-order valence-corrected chi connectivity index (χ2v) is 8.13. The topological polar surface area (TPSA) is 75.7 Å². The maximum atomic E-state index is 13.0. The van der Waals surface area contributed by atoms with E-state index in [9.17, 15) is 14.4 Å². The van der Waals surface area contributed by atoms with Crippen molar-refractivity contribution in [1.82, 2.24) is 0 Å². The highest BCUT2D eigenvalue weighted by atomic mass is 16.5. The zero-order chi connectivity index (χ0) is 20.1. The number of fused-ring (bicyclic) bond motifs is 5. The summed E-state index contributed by atoms with van der Waals surface area (Å²) in [7, 11) is 1.58. The molecule has 2 aromatic carbocycles. The Morgan fingerprint density at radius 2 is 1.66 bits per heavy atom. The summed E-state index contributed by atoms with van der Waals surface area (Å²) >= 11 is 0. The lowest BCUT2D eigenvalue weighted by atomic mass is 9.81. The van der Waals surface area contributed by atoms with Crippen LogP contribution in [0, 0.1) is 23.7 Å². The van der Waals surface area contributed by atoms with Crippen molar-refractivity contribution in [3.8, 4) is 5.75 Å². The molecule has 1 saturated heterocycles. The summed E-state index contributed by atoms with van der Waals surface area (Å²) < 4.78 is 5.12. The number of hydrogen-bond acceptors (Lipinski definition) is 4. The summed E-state index contributed by atoms with van der Waals surface area (Å²) in [6, 6.07) is 13.8. The lowest BCUT2D eigenvalue weighted by molar-refractivity contribution is -0.123. The Balaban J connectivity index is 1.37. The van der Waals surface area contributed by atoms with Crippen LogP contribution in [0.5, 0.6) is 5.75 Å². The van der Waals surface area contributed by atoms with Crippen LogP contribution in [-0.2, 0) is 9.59 Å². The van der Waals surface area contributed by atoms with Crippen LogP contribution in [0.15, 0.2) is 48.5 Å². The number of anilines is 2. The first-order valence-corrected chi connectivity index (χ1v) is 10.00. The third kappa shape index (κ3) is 2.82. The Morgan fingerprint density at radius 1 is 1.00 bits per heavy atom. The molecule has 148 valence electrons. The van der Waals surface area contributed by atoms with Crippen molar-refractivity contribution in [3.05, 3.63) is 54.1 Å². The molecule has 1 aliphatic heterocycles. The second-order valence-electron chi connectivity index (χ2n) is 8.13.